The molecule has 0 spiro atoms. The zero-order valence-electron chi connectivity index (χ0n) is 17.1. The maximum absolute atomic E-state index is 13.0. The van der Waals surface area contributed by atoms with Crippen molar-refractivity contribution in [1.82, 2.24) is 10.6 Å². The molecule has 0 aromatic heterocycles. The van der Waals surface area contributed by atoms with Crippen molar-refractivity contribution in [3.8, 4) is 5.75 Å². The molecule has 9 heteroatoms. The van der Waals surface area contributed by atoms with Gasteiger partial charge in [0.05, 0.1) is 10.6 Å². The highest BCUT2D eigenvalue weighted by Crippen LogP contribution is 2.35. The van der Waals surface area contributed by atoms with Crippen molar-refractivity contribution in [3.63, 3.8) is 0 Å². The maximum atomic E-state index is 13.0. The fourth-order valence-corrected chi connectivity index (χ4v) is 3.37. The molecule has 0 fully saturated rings. The van der Waals surface area contributed by atoms with Crippen LogP contribution in [0.4, 0.5) is 13.2 Å². The zero-order chi connectivity index (χ0) is 23.1. The molecule has 1 amide bonds. The zero-order valence-corrected chi connectivity index (χ0v) is 17.9. The van der Waals surface area contributed by atoms with Crippen molar-refractivity contribution in [2.24, 2.45) is 5.73 Å². The Morgan fingerprint density at radius 1 is 1.22 bits per heavy atom. The molecule has 5 nitrogen and oxygen atoms in total. The number of alkyl halides is 3. The van der Waals surface area contributed by atoms with Crippen LogP contribution in [-0.4, -0.2) is 25.5 Å². The second-order valence-corrected chi connectivity index (χ2v) is 7.57. The molecular weight excluding hydrogens is 443 g/mol. The van der Waals surface area contributed by atoms with Crippen molar-refractivity contribution in [2.75, 3.05) is 19.6 Å². The highest BCUT2D eigenvalue weighted by molar-refractivity contribution is 6.31. The predicted molar refractivity (Wildman–Crippen MR) is 117 cm³/mol. The van der Waals surface area contributed by atoms with Crippen LogP contribution in [0.25, 0.3) is 0 Å². The second-order valence-electron chi connectivity index (χ2n) is 7.16. The summed E-state index contributed by atoms with van der Waals surface area (Å²) in [5.74, 6) is 0.826. The highest BCUT2D eigenvalue weighted by Gasteiger charge is 2.33. The van der Waals surface area contributed by atoms with Crippen LogP contribution in [0.1, 0.15) is 27.9 Å². The maximum Gasteiger partial charge on any atom is 0.417 e. The van der Waals surface area contributed by atoms with Gasteiger partial charge in [-0.1, -0.05) is 23.7 Å². The molecule has 0 radical (unpaired) electrons. The fraction of sp³-hybridized carbons (Fsp3) is 0.261. The monoisotopic (exact) mass is 465 g/mol. The third kappa shape index (κ3) is 6.51. The van der Waals surface area contributed by atoms with Gasteiger partial charge in [0, 0.05) is 37.0 Å². The first-order valence-corrected chi connectivity index (χ1v) is 10.4. The number of carbonyl (C=O) groups excluding carboxylic acids is 1. The summed E-state index contributed by atoms with van der Waals surface area (Å²) in [5, 5.41) is 5.35. The molecule has 0 aliphatic carbocycles. The van der Waals surface area contributed by atoms with Crippen molar-refractivity contribution in [2.45, 2.75) is 19.0 Å². The Bertz CT molecular complexity index is 1040. The Hall–Kier alpha value is -2.97. The van der Waals surface area contributed by atoms with Crippen molar-refractivity contribution in [1.29, 1.82) is 0 Å². The molecule has 1 aliphatic rings. The number of allylic oxidation sites excluding steroid dienone is 1. The smallest absolute Gasteiger partial charge is 0.417 e. The minimum absolute atomic E-state index is 0.0859. The number of ether oxygens (including phenoxy) is 1. The van der Waals surface area contributed by atoms with Crippen LogP contribution in [0.15, 0.2) is 66.1 Å². The lowest BCUT2D eigenvalue weighted by Crippen LogP contribution is -2.25. The summed E-state index contributed by atoms with van der Waals surface area (Å²) < 4.78 is 44.8. The average Bonchev–Trinajstić information content (AvgIpc) is 2.76. The lowest BCUT2D eigenvalue weighted by Gasteiger charge is -2.16. The van der Waals surface area contributed by atoms with E-state index in [-0.39, 0.29) is 5.56 Å². The molecule has 4 N–H and O–H groups in total. The first-order chi connectivity index (χ1) is 15.3. The number of halogens is 4. The van der Waals surface area contributed by atoms with Gasteiger partial charge in [-0.15, -0.1) is 0 Å². The Morgan fingerprint density at radius 3 is 2.78 bits per heavy atom. The third-order valence-electron chi connectivity index (χ3n) is 4.76. The molecule has 2 aromatic carbocycles. The number of nitrogens with two attached hydrogens (primary N) is 1. The summed E-state index contributed by atoms with van der Waals surface area (Å²) in [5.41, 5.74) is 6.44. The topological polar surface area (TPSA) is 76.4 Å². The largest absolute Gasteiger partial charge is 0.458 e. The van der Waals surface area contributed by atoms with Gasteiger partial charge in [0.2, 0.25) is 0 Å². The van der Waals surface area contributed by atoms with E-state index >= 15 is 0 Å². The van der Waals surface area contributed by atoms with Crippen molar-refractivity contribution >= 4 is 17.5 Å². The van der Waals surface area contributed by atoms with Crippen molar-refractivity contribution < 1.29 is 22.7 Å². The third-order valence-corrected chi connectivity index (χ3v) is 5.09. The van der Waals surface area contributed by atoms with E-state index in [4.69, 9.17) is 22.1 Å². The second kappa shape index (κ2) is 10.6. The van der Waals surface area contributed by atoms with E-state index in [2.05, 4.69) is 10.6 Å². The van der Waals surface area contributed by atoms with E-state index in [1.807, 2.05) is 36.4 Å². The molecule has 32 heavy (non-hydrogen) atoms. The van der Waals surface area contributed by atoms with Gasteiger partial charge < -0.3 is 21.1 Å². The standard InChI is InChI=1S/C23H23ClF3N3O2/c24-21-7-6-16(12-20(21)23(25,26)27)22(31)30-9-2-4-15-3-1-5-18(11-15)32-19-8-10-29-17(13-19)14-28/h1,3,5-8,11-13,29H,2,4,9-10,14,28H2,(H,30,31). The number of rotatable bonds is 8. The number of nitrogens with one attached hydrogen (secondary N) is 2. The SMILES string of the molecule is NCC1=CC(Oc2cccc(CCCNC(=O)c3ccc(Cl)c(C(F)(F)F)c3)c2)=CCN1. The van der Waals surface area contributed by atoms with E-state index in [0.717, 1.165) is 29.2 Å². The predicted octanol–water partition coefficient (Wildman–Crippen LogP) is 4.43. The Labute approximate surface area is 189 Å². The number of benzene rings is 2. The summed E-state index contributed by atoms with van der Waals surface area (Å²) in [4.78, 5) is 12.2. The molecule has 0 saturated heterocycles. The van der Waals surface area contributed by atoms with E-state index in [0.29, 0.717) is 38.2 Å². The Kier molecular flexibility index (Phi) is 7.82. The summed E-state index contributed by atoms with van der Waals surface area (Å²) in [7, 11) is 0. The summed E-state index contributed by atoms with van der Waals surface area (Å²) >= 11 is 5.59. The van der Waals surface area contributed by atoms with Crippen LogP contribution in [0.5, 0.6) is 5.75 Å². The first-order valence-electron chi connectivity index (χ1n) is 10.0. The van der Waals surface area contributed by atoms with Crippen LogP contribution in [0, 0.1) is 0 Å². The number of amides is 1. The molecule has 1 aliphatic heterocycles. The summed E-state index contributed by atoms with van der Waals surface area (Å²) in [6, 6.07) is 10.7. The minimum atomic E-state index is -4.62. The highest BCUT2D eigenvalue weighted by atomic mass is 35.5. The summed E-state index contributed by atoms with van der Waals surface area (Å²) in [6.45, 7) is 1.36. The number of hydrogen-bond acceptors (Lipinski definition) is 4. The van der Waals surface area contributed by atoms with Crippen LogP contribution >= 0.6 is 11.6 Å². The van der Waals surface area contributed by atoms with Crippen LogP contribution in [0.2, 0.25) is 5.02 Å². The van der Waals surface area contributed by atoms with Gasteiger partial charge in [-0.3, -0.25) is 4.79 Å². The van der Waals surface area contributed by atoms with Crippen molar-refractivity contribution in [3.05, 3.63) is 87.8 Å². The Balaban J connectivity index is 1.51. The average molecular weight is 466 g/mol. The van der Waals surface area contributed by atoms with E-state index in [9.17, 15) is 18.0 Å². The molecule has 0 atom stereocenters. The molecule has 170 valence electrons. The van der Waals surface area contributed by atoms with Gasteiger partial charge >= 0.3 is 6.18 Å². The first kappa shape index (κ1) is 23.7. The lowest BCUT2D eigenvalue weighted by molar-refractivity contribution is -0.137. The normalized spacial score (nSPS) is 13.7. The lowest BCUT2D eigenvalue weighted by atomic mass is 10.1. The van der Waals surface area contributed by atoms with Gasteiger partial charge in [0.15, 0.2) is 0 Å². The minimum Gasteiger partial charge on any atom is -0.458 e. The number of carbonyl (C=O) groups is 1. The molecular formula is C23H23ClF3N3O2. The number of hydrogen-bond donors (Lipinski definition) is 3. The molecule has 2 aromatic rings. The van der Waals surface area contributed by atoms with Gasteiger partial charge in [-0.2, -0.15) is 13.2 Å². The molecule has 0 saturated carbocycles. The number of aryl methyl sites for hydroxylation is 1. The van der Waals surface area contributed by atoms with Gasteiger partial charge in [0.1, 0.15) is 11.5 Å². The molecule has 3 rings (SSSR count). The fourth-order valence-electron chi connectivity index (χ4n) is 3.15. The molecule has 0 unspecified atom stereocenters. The molecule has 1 heterocycles. The van der Waals surface area contributed by atoms with Crippen LogP contribution in [0.3, 0.4) is 0 Å². The van der Waals surface area contributed by atoms with Crippen LogP contribution in [-0.2, 0) is 12.6 Å². The summed E-state index contributed by atoms with van der Waals surface area (Å²) in [6.07, 6.45) is 0.427. The van der Waals surface area contributed by atoms with Gasteiger partial charge in [-0.05, 0) is 54.8 Å². The van der Waals surface area contributed by atoms with Crippen LogP contribution < -0.4 is 21.1 Å². The van der Waals surface area contributed by atoms with Gasteiger partial charge in [0.25, 0.3) is 5.91 Å². The number of dihydropyridines is 1. The van der Waals surface area contributed by atoms with E-state index in [1.165, 1.54) is 6.07 Å². The van der Waals surface area contributed by atoms with Gasteiger partial charge in [-0.25, -0.2) is 0 Å². The quantitative estimate of drug-likeness (QED) is 0.504. The van der Waals surface area contributed by atoms with E-state index in [1.54, 1.807) is 0 Å². The molecule has 0 bridgehead atoms. The van der Waals surface area contributed by atoms with E-state index < -0.39 is 22.7 Å². The Morgan fingerprint density at radius 2 is 2.03 bits per heavy atom.